The third kappa shape index (κ3) is 2.96. The van der Waals surface area contributed by atoms with Crippen molar-refractivity contribution in [2.24, 2.45) is 0 Å². The van der Waals surface area contributed by atoms with Gasteiger partial charge in [0.1, 0.15) is 11.6 Å². The van der Waals surface area contributed by atoms with E-state index in [0.29, 0.717) is 22.4 Å². The molecule has 5 heteroatoms. The van der Waals surface area contributed by atoms with Crippen molar-refractivity contribution in [1.29, 1.82) is 0 Å². The third-order valence-corrected chi connectivity index (χ3v) is 3.00. The van der Waals surface area contributed by atoms with Gasteiger partial charge >= 0.3 is 0 Å². The van der Waals surface area contributed by atoms with Crippen LogP contribution in [0.15, 0.2) is 24.3 Å². The second-order valence-corrected chi connectivity index (χ2v) is 4.98. The molecule has 0 bridgehead atoms. The van der Waals surface area contributed by atoms with Crippen LogP contribution in [-0.4, -0.2) is 17.1 Å². The van der Waals surface area contributed by atoms with E-state index in [9.17, 15) is 0 Å². The molecule has 0 atom stereocenters. The molecule has 0 saturated carbocycles. The van der Waals surface area contributed by atoms with Gasteiger partial charge in [0, 0.05) is 16.8 Å². The van der Waals surface area contributed by atoms with Crippen LogP contribution in [0.25, 0.3) is 11.4 Å². The fourth-order valence-corrected chi connectivity index (χ4v) is 1.91. The molecule has 0 saturated heterocycles. The Balaban J connectivity index is 2.58. The van der Waals surface area contributed by atoms with E-state index in [1.54, 1.807) is 25.3 Å². The first-order chi connectivity index (χ1) is 9.01. The van der Waals surface area contributed by atoms with Crippen LogP contribution in [0.3, 0.4) is 0 Å². The summed E-state index contributed by atoms with van der Waals surface area (Å²) >= 11 is 5.95. The second kappa shape index (κ2) is 5.45. The maximum atomic E-state index is 5.95. The first-order valence-electron chi connectivity index (χ1n) is 5.99. The van der Waals surface area contributed by atoms with Gasteiger partial charge in [-0.15, -0.1) is 0 Å². The summed E-state index contributed by atoms with van der Waals surface area (Å²) in [4.78, 5) is 8.80. The Kier molecular flexibility index (Phi) is 3.90. The van der Waals surface area contributed by atoms with Gasteiger partial charge in [-0.25, -0.2) is 9.97 Å². The zero-order chi connectivity index (χ0) is 14.0. The molecule has 100 valence electrons. The SMILES string of the molecule is COc1cc(Cl)ccc1-c1nc(N)cc(C(C)C)n1. The normalized spacial score (nSPS) is 10.8. The summed E-state index contributed by atoms with van der Waals surface area (Å²) in [5.74, 6) is 1.91. The summed E-state index contributed by atoms with van der Waals surface area (Å²) in [6.45, 7) is 4.12. The highest BCUT2D eigenvalue weighted by molar-refractivity contribution is 6.30. The Hall–Kier alpha value is -1.81. The number of anilines is 1. The number of benzene rings is 1. The average molecular weight is 278 g/mol. The van der Waals surface area contributed by atoms with Crippen molar-refractivity contribution in [3.05, 3.63) is 35.0 Å². The molecule has 2 aromatic rings. The van der Waals surface area contributed by atoms with Gasteiger partial charge in [-0.1, -0.05) is 25.4 Å². The Bertz CT molecular complexity index is 599. The quantitative estimate of drug-likeness (QED) is 0.932. The fraction of sp³-hybridized carbons (Fsp3) is 0.286. The molecule has 1 aromatic carbocycles. The van der Waals surface area contributed by atoms with E-state index in [0.717, 1.165) is 11.3 Å². The summed E-state index contributed by atoms with van der Waals surface area (Å²) in [5.41, 5.74) is 7.52. The number of nitrogens with two attached hydrogens (primary N) is 1. The molecule has 0 unspecified atom stereocenters. The monoisotopic (exact) mass is 277 g/mol. The second-order valence-electron chi connectivity index (χ2n) is 4.54. The van der Waals surface area contributed by atoms with Gasteiger partial charge in [0.05, 0.1) is 12.7 Å². The fourth-order valence-electron chi connectivity index (χ4n) is 1.75. The third-order valence-electron chi connectivity index (χ3n) is 2.76. The predicted octanol–water partition coefficient (Wildman–Crippen LogP) is 3.51. The lowest BCUT2D eigenvalue weighted by atomic mass is 10.1. The molecule has 0 radical (unpaired) electrons. The lowest BCUT2D eigenvalue weighted by molar-refractivity contribution is 0.416. The number of ether oxygens (including phenoxy) is 1. The standard InChI is InChI=1S/C14H16ClN3O/c1-8(2)11-7-13(16)18-14(17-11)10-5-4-9(15)6-12(10)19-3/h4-8H,1-3H3,(H2,16,17,18). The summed E-state index contributed by atoms with van der Waals surface area (Å²) in [6.07, 6.45) is 0. The van der Waals surface area contributed by atoms with Crippen LogP contribution in [-0.2, 0) is 0 Å². The van der Waals surface area contributed by atoms with Crippen LogP contribution in [0, 0.1) is 0 Å². The van der Waals surface area contributed by atoms with Crippen molar-refractivity contribution < 1.29 is 4.74 Å². The average Bonchev–Trinajstić information content (AvgIpc) is 2.37. The van der Waals surface area contributed by atoms with Crippen LogP contribution in [0.2, 0.25) is 5.02 Å². The van der Waals surface area contributed by atoms with Gasteiger partial charge in [-0.3, -0.25) is 0 Å². The van der Waals surface area contributed by atoms with Crippen molar-refractivity contribution >= 4 is 17.4 Å². The van der Waals surface area contributed by atoms with E-state index < -0.39 is 0 Å². The summed E-state index contributed by atoms with van der Waals surface area (Å²) < 4.78 is 5.32. The van der Waals surface area contributed by atoms with Crippen molar-refractivity contribution in [2.75, 3.05) is 12.8 Å². The molecule has 0 spiro atoms. The van der Waals surface area contributed by atoms with E-state index in [2.05, 4.69) is 23.8 Å². The highest BCUT2D eigenvalue weighted by Gasteiger charge is 2.12. The summed E-state index contributed by atoms with van der Waals surface area (Å²) in [6, 6.07) is 7.14. The maximum Gasteiger partial charge on any atom is 0.165 e. The van der Waals surface area contributed by atoms with Crippen LogP contribution in [0.1, 0.15) is 25.5 Å². The zero-order valence-corrected chi connectivity index (χ0v) is 11.9. The van der Waals surface area contributed by atoms with E-state index in [-0.39, 0.29) is 5.92 Å². The largest absolute Gasteiger partial charge is 0.496 e. The van der Waals surface area contributed by atoms with E-state index in [4.69, 9.17) is 22.1 Å². The number of methoxy groups -OCH3 is 1. The van der Waals surface area contributed by atoms with Gasteiger partial charge < -0.3 is 10.5 Å². The van der Waals surface area contributed by atoms with Crippen LogP contribution in [0.5, 0.6) is 5.75 Å². The zero-order valence-electron chi connectivity index (χ0n) is 11.1. The first-order valence-corrected chi connectivity index (χ1v) is 6.37. The lowest BCUT2D eigenvalue weighted by Gasteiger charge is -2.11. The molecule has 0 aliphatic carbocycles. The molecule has 0 aliphatic rings. The molecular weight excluding hydrogens is 262 g/mol. The predicted molar refractivity (Wildman–Crippen MR) is 77.5 cm³/mol. The lowest BCUT2D eigenvalue weighted by Crippen LogP contribution is -2.02. The molecule has 1 aromatic heterocycles. The Morgan fingerprint density at radius 1 is 1.21 bits per heavy atom. The van der Waals surface area contributed by atoms with Crippen molar-refractivity contribution in [2.45, 2.75) is 19.8 Å². The molecule has 1 heterocycles. The molecule has 0 fully saturated rings. The topological polar surface area (TPSA) is 61.0 Å². The molecule has 0 amide bonds. The molecule has 2 N–H and O–H groups in total. The molecule has 4 nitrogen and oxygen atoms in total. The number of halogens is 1. The highest BCUT2D eigenvalue weighted by atomic mass is 35.5. The Labute approximate surface area is 117 Å². The van der Waals surface area contributed by atoms with Crippen molar-refractivity contribution in [3.8, 4) is 17.1 Å². The van der Waals surface area contributed by atoms with Gasteiger partial charge in [0.2, 0.25) is 0 Å². The minimum atomic E-state index is 0.280. The van der Waals surface area contributed by atoms with Gasteiger partial charge in [-0.05, 0) is 24.1 Å². The number of hydrogen-bond donors (Lipinski definition) is 1. The van der Waals surface area contributed by atoms with E-state index in [1.165, 1.54) is 0 Å². The number of nitrogen functional groups attached to an aromatic ring is 1. The van der Waals surface area contributed by atoms with Crippen LogP contribution < -0.4 is 10.5 Å². The molecular formula is C14H16ClN3O. The molecule has 2 rings (SSSR count). The smallest absolute Gasteiger partial charge is 0.165 e. The van der Waals surface area contributed by atoms with Crippen molar-refractivity contribution in [3.63, 3.8) is 0 Å². The summed E-state index contributed by atoms with van der Waals surface area (Å²) in [7, 11) is 1.59. The summed E-state index contributed by atoms with van der Waals surface area (Å²) in [5, 5.41) is 0.605. The molecule has 19 heavy (non-hydrogen) atoms. The minimum Gasteiger partial charge on any atom is -0.496 e. The number of aromatic nitrogens is 2. The number of rotatable bonds is 3. The Morgan fingerprint density at radius 2 is 1.95 bits per heavy atom. The maximum absolute atomic E-state index is 5.95. The number of nitrogens with zero attached hydrogens (tertiary/aromatic N) is 2. The van der Waals surface area contributed by atoms with Crippen molar-refractivity contribution in [1.82, 2.24) is 9.97 Å². The molecule has 0 aliphatic heterocycles. The van der Waals surface area contributed by atoms with Gasteiger partial charge in [0.15, 0.2) is 5.82 Å². The highest BCUT2D eigenvalue weighted by Crippen LogP contribution is 2.31. The van der Waals surface area contributed by atoms with Crippen LogP contribution >= 0.6 is 11.6 Å². The van der Waals surface area contributed by atoms with E-state index in [1.807, 2.05) is 6.07 Å². The number of hydrogen-bond acceptors (Lipinski definition) is 4. The minimum absolute atomic E-state index is 0.280. The Morgan fingerprint density at radius 3 is 2.58 bits per heavy atom. The van der Waals surface area contributed by atoms with Gasteiger partial charge in [0.25, 0.3) is 0 Å². The van der Waals surface area contributed by atoms with Crippen LogP contribution in [0.4, 0.5) is 5.82 Å². The van der Waals surface area contributed by atoms with E-state index >= 15 is 0 Å². The first kappa shape index (κ1) is 13.6. The van der Waals surface area contributed by atoms with Gasteiger partial charge in [-0.2, -0.15) is 0 Å².